The highest BCUT2D eigenvalue weighted by Crippen LogP contribution is 2.12. The highest BCUT2D eigenvalue weighted by Gasteiger charge is 2.24. The van der Waals surface area contributed by atoms with Crippen LogP contribution in [0.1, 0.15) is 19.3 Å². The Kier molecular flexibility index (Phi) is 4.31. The van der Waals surface area contributed by atoms with Crippen LogP contribution >= 0.6 is 0 Å². The number of aliphatic hydroxyl groups is 1. The number of hydrogen-bond acceptors (Lipinski definition) is 5. The molecule has 0 radical (unpaired) electrons. The Morgan fingerprint density at radius 3 is 3.05 bits per heavy atom. The molecule has 0 unspecified atom stereocenters. The Balaban J connectivity index is 1.74. The highest BCUT2D eigenvalue weighted by molar-refractivity contribution is 5.80. The number of fused-ring (bicyclic) bond motifs is 1. The quantitative estimate of drug-likeness (QED) is 0.857. The summed E-state index contributed by atoms with van der Waals surface area (Å²) in [5, 5.41) is 13.5. The van der Waals surface area contributed by atoms with Crippen LogP contribution in [-0.2, 0) is 11.3 Å². The van der Waals surface area contributed by atoms with Crippen molar-refractivity contribution >= 4 is 16.7 Å². The summed E-state index contributed by atoms with van der Waals surface area (Å²) in [5.74, 6) is -0.0855. The Morgan fingerprint density at radius 2 is 2.23 bits per heavy atom. The Bertz CT molecular complexity index is 741. The van der Waals surface area contributed by atoms with Gasteiger partial charge in [0.25, 0.3) is 5.56 Å². The van der Waals surface area contributed by atoms with Gasteiger partial charge in [0.15, 0.2) is 5.78 Å². The normalized spacial score (nSPS) is 21.9. The van der Waals surface area contributed by atoms with Gasteiger partial charge in [-0.1, -0.05) is 12.1 Å². The molecular formula is C16H19N3O3. The number of piperidine rings is 1. The van der Waals surface area contributed by atoms with Crippen LogP contribution < -0.4 is 10.9 Å². The van der Waals surface area contributed by atoms with Crippen molar-refractivity contribution in [3.05, 3.63) is 40.9 Å². The summed E-state index contributed by atoms with van der Waals surface area (Å²) in [6.07, 6.45) is 2.76. The van der Waals surface area contributed by atoms with Crippen LogP contribution in [0.25, 0.3) is 10.9 Å². The third-order valence-electron chi connectivity index (χ3n) is 4.07. The number of para-hydroxylation sites is 1. The van der Waals surface area contributed by atoms with Gasteiger partial charge in [-0.05, 0) is 31.5 Å². The predicted molar refractivity (Wildman–Crippen MR) is 82.7 cm³/mol. The highest BCUT2D eigenvalue weighted by atomic mass is 16.3. The molecule has 2 atom stereocenters. The molecular weight excluding hydrogens is 282 g/mol. The van der Waals surface area contributed by atoms with Crippen molar-refractivity contribution < 1.29 is 9.90 Å². The summed E-state index contributed by atoms with van der Waals surface area (Å²) in [4.78, 5) is 28.7. The van der Waals surface area contributed by atoms with Gasteiger partial charge in [-0.3, -0.25) is 14.2 Å². The largest absolute Gasteiger partial charge is 0.391 e. The van der Waals surface area contributed by atoms with Gasteiger partial charge in [0, 0.05) is 12.5 Å². The van der Waals surface area contributed by atoms with Gasteiger partial charge in [0.1, 0.15) is 0 Å². The zero-order valence-corrected chi connectivity index (χ0v) is 12.2. The second-order valence-corrected chi connectivity index (χ2v) is 5.71. The molecule has 22 heavy (non-hydrogen) atoms. The van der Waals surface area contributed by atoms with Crippen LogP contribution in [-0.4, -0.2) is 39.1 Å². The maximum absolute atomic E-state index is 12.3. The summed E-state index contributed by atoms with van der Waals surface area (Å²) in [7, 11) is 0. The van der Waals surface area contributed by atoms with E-state index in [2.05, 4.69) is 10.3 Å². The lowest BCUT2D eigenvalue weighted by Gasteiger charge is -2.28. The first-order valence-corrected chi connectivity index (χ1v) is 7.52. The third-order valence-corrected chi connectivity index (χ3v) is 4.07. The SMILES string of the molecule is O=C(C[C@@H]1NCCC[C@H]1O)Cn1cnc2ccccc2c1=O. The Labute approximate surface area is 127 Å². The molecule has 6 heteroatoms. The van der Waals surface area contributed by atoms with E-state index in [1.807, 2.05) is 6.07 Å². The van der Waals surface area contributed by atoms with Crippen molar-refractivity contribution in [3.63, 3.8) is 0 Å². The molecule has 0 saturated carbocycles. The second kappa shape index (κ2) is 6.37. The molecule has 1 aliphatic heterocycles. The van der Waals surface area contributed by atoms with Gasteiger partial charge in [-0.25, -0.2) is 4.98 Å². The molecule has 0 amide bonds. The van der Waals surface area contributed by atoms with E-state index in [0.717, 1.165) is 13.0 Å². The fourth-order valence-corrected chi connectivity index (χ4v) is 2.86. The van der Waals surface area contributed by atoms with Crippen molar-refractivity contribution in [2.75, 3.05) is 6.54 Å². The maximum atomic E-state index is 12.3. The lowest BCUT2D eigenvalue weighted by molar-refractivity contribution is -0.121. The fraction of sp³-hybridized carbons (Fsp3) is 0.438. The molecule has 1 saturated heterocycles. The van der Waals surface area contributed by atoms with E-state index in [1.54, 1.807) is 18.2 Å². The smallest absolute Gasteiger partial charge is 0.261 e. The topological polar surface area (TPSA) is 84.2 Å². The summed E-state index contributed by atoms with van der Waals surface area (Å²) in [5.41, 5.74) is 0.414. The summed E-state index contributed by atoms with van der Waals surface area (Å²) in [6, 6.07) is 6.86. The van der Waals surface area contributed by atoms with Crippen molar-refractivity contribution in [2.24, 2.45) is 0 Å². The monoisotopic (exact) mass is 301 g/mol. The first-order valence-electron chi connectivity index (χ1n) is 7.52. The van der Waals surface area contributed by atoms with Crippen molar-refractivity contribution in [1.29, 1.82) is 0 Å². The van der Waals surface area contributed by atoms with Gasteiger partial charge in [-0.15, -0.1) is 0 Å². The molecule has 1 fully saturated rings. The molecule has 0 spiro atoms. The van der Waals surface area contributed by atoms with E-state index in [1.165, 1.54) is 10.9 Å². The van der Waals surface area contributed by atoms with Crippen molar-refractivity contribution in [1.82, 2.24) is 14.9 Å². The summed E-state index contributed by atoms with van der Waals surface area (Å²) >= 11 is 0. The predicted octanol–water partition coefficient (Wildman–Crippen LogP) is 0.469. The van der Waals surface area contributed by atoms with E-state index >= 15 is 0 Å². The minimum Gasteiger partial charge on any atom is -0.391 e. The van der Waals surface area contributed by atoms with Crippen LogP contribution in [0.15, 0.2) is 35.4 Å². The number of rotatable bonds is 4. The molecule has 0 aliphatic carbocycles. The van der Waals surface area contributed by atoms with E-state index in [4.69, 9.17) is 0 Å². The minimum atomic E-state index is -0.496. The molecule has 3 rings (SSSR count). The average molecular weight is 301 g/mol. The molecule has 6 nitrogen and oxygen atoms in total. The molecule has 2 N–H and O–H groups in total. The number of carbonyl (C=O) groups is 1. The minimum absolute atomic E-state index is 0.0123. The van der Waals surface area contributed by atoms with Gasteiger partial charge in [0.05, 0.1) is 29.9 Å². The number of hydrogen-bond donors (Lipinski definition) is 2. The number of aromatic nitrogens is 2. The zero-order chi connectivity index (χ0) is 15.5. The van der Waals surface area contributed by atoms with Gasteiger partial charge in [0.2, 0.25) is 0 Å². The molecule has 0 bridgehead atoms. The third kappa shape index (κ3) is 3.08. The zero-order valence-electron chi connectivity index (χ0n) is 12.2. The van der Waals surface area contributed by atoms with E-state index in [0.29, 0.717) is 17.3 Å². The molecule has 116 valence electrons. The molecule has 1 aromatic carbocycles. The van der Waals surface area contributed by atoms with Crippen molar-refractivity contribution in [3.8, 4) is 0 Å². The lowest BCUT2D eigenvalue weighted by Crippen LogP contribution is -2.46. The van der Waals surface area contributed by atoms with Gasteiger partial charge < -0.3 is 10.4 Å². The second-order valence-electron chi connectivity index (χ2n) is 5.71. The number of ketones is 1. The average Bonchev–Trinajstić information content (AvgIpc) is 2.53. The molecule has 2 heterocycles. The number of carbonyl (C=O) groups excluding carboxylic acids is 1. The number of benzene rings is 1. The maximum Gasteiger partial charge on any atom is 0.261 e. The van der Waals surface area contributed by atoms with E-state index in [-0.39, 0.29) is 30.3 Å². The van der Waals surface area contributed by atoms with Crippen LogP contribution in [0.5, 0.6) is 0 Å². The Hall–Kier alpha value is -2.05. The van der Waals surface area contributed by atoms with Crippen LogP contribution in [0.3, 0.4) is 0 Å². The molecule has 2 aromatic rings. The number of aliphatic hydroxyl groups excluding tert-OH is 1. The number of Topliss-reactive ketones (excluding diaryl/α,β-unsaturated/α-hetero) is 1. The lowest BCUT2D eigenvalue weighted by atomic mass is 9.97. The summed E-state index contributed by atoms with van der Waals surface area (Å²) in [6.45, 7) is 0.800. The van der Waals surface area contributed by atoms with E-state index < -0.39 is 6.10 Å². The van der Waals surface area contributed by atoms with E-state index in [9.17, 15) is 14.7 Å². The first-order chi connectivity index (χ1) is 10.6. The van der Waals surface area contributed by atoms with Crippen LogP contribution in [0, 0.1) is 0 Å². The molecule has 1 aliphatic rings. The number of nitrogens with zero attached hydrogens (tertiary/aromatic N) is 2. The Morgan fingerprint density at radius 1 is 1.41 bits per heavy atom. The van der Waals surface area contributed by atoms with Gasteiger partial charge >= 0.3 is 0 Å². The van der Waals surface area contributed by atoms with Gasteiger partial charge in [-0.2, -0.15) is 0 Å². The van der Waals surface area contributed by atoms with Crippen LogP contribution in [0.2, 0.25) is 0 Å². The fourth-order valence-electron chi connectivity index (χ4n) is 2.86. The number of nitrogens with one attached hydrogen (secondary N) is 1. The summed E-state index contributed by atoms with van der Waals surface area (Å²) < 4.78 is 1.33. The molecule has 1 aromatic heterocycles. The van der Waals surface area contributed by atoms with Crippen LogP contribution in [0.4, 0.5) is 0 Å². The first kappa shape index (κ1) is 14.9. The van der Waals surface area contributed by atoms with Crippen molar-refractivity contribution in [2.45, 2.75) is 38.0 Å². The standard InChI is InChI=1S/C16H19N3O3/c20-11(8-14-15(21)6-3-7-17-14)9-19-10-18-13-5-2-1-4-12(13)16(19)22/h1-2,4-5,10,14-15,17,21H,3,6-9H2/t14-,15+/m0/s1.